The Bertz CT molecular complexity index is 3610. The van der Waals surface area contributed by atoms with Gasteiger partial charge in [0.05, 0.1) is 27.8 Å². The molecule has 0 atom stereocenters. The largest absolute Gasteiger partial charge is 0.309 e. The van der Waals surface area contributed by atoms with Crippen molar-refractivity contribution >= 4 is 43.6 Å². The molecule has 0 aliphatic heterocycles. The fourth-order valence-electron chi connectivity index (χ4n) is 9.07. The molecule has 0 radical (unpaired) electrons. The fourth-order valence-corrected chi connectivity index (χ4v) is 9.07. The van der Waals surface area contributed by atoms with Crippen molar-refractivity contribution in [3.63, 3.8) is 0 Å². The van der Waals surface area contributed by atoms with Gasteiger partial charge in [-0.05, 0) is 64.2 Å². The number of hydrogen-bond donors (Lipinski definition) is 0. The lowest BCUT2D eigenvalue weighted by Crippen LogP contribution is -2.06. The van der Waals surface area contributed by atoms with Gasteiger partial charge in [0.15, 0.2) is 11.6 Å². The van der Waals surface area contributed by atoms with E-state index in [9.17, 15) is 0 Å². The van der Waals surface area contributed by atoms with Crippen LogP contribution >= 0.6 is 0 Å². The second kappa shape index (κ2) is 14.7. The summed E-state index contributed by atoms with van der Waals surface area (Å²) in [5, 5.41) is 4.56. The van der Waals surface area contributed by atoms with Gasteiger partial charge in [-0.2, -0.15) is 9.97 Å². The Kier molecular flexibility index (Phi) is 8.42. The summed E-state index contributed by atoms with van der Waals surface area (Å²) >= 11 is 0. The van der Waals surface area contributed by atoms with E-state index in [4.69, 9.17) is 15.0 Å². The molecule has 3 heterocycles. The standard InChI is InChI=1S/C57H37N5/c1-5-18-38(19-6-1)42-26-17-27-44(34-42)56-58-55(41-24-11-4-12-25-41)59-57(60-56)62-51-31-16-14-29-47(51)49-36-53-48(37-54(49)62)46-28-13-15-30-50(46)61(53)52-35-43(39-20-7-2-8-21-39)32-33-45(52)40-22-9-3-10-23-40/h1-37H. The van der Waals surface area contributed by atoms with Crippen molar-refractivity contribution < 1.29 is 0 Å². The van der Waals surface area contributed by atoms with Crippen LogP contribution in [-0.4, -0.2) is 24.1 Å². The second-order valence-electron chi connectivity index (χ2n) is 15.7. The number of rotatable bonds is 7. The van der Waals surface area contributed by atoms with Gasteiger partial charge in [0, 0.05) is 38.2 Å². The number of benzene rings is 9. The van der Waals surface area contributed by atoms with Gasteiger partial charge in [0.2, 0.25) is 5.95 Å². The van der Waals surface area contributed by atoms with Gasteiger partial charge in [-0.3, -0.25) is 4.57 Å². The van der Waals surface area contributed by atoms with Crippen molar-refractivity contribution in [2.24, 2.45) is 0 Å². The quantitative estimate of drug-likeness (QED) is 0.162. The van der Waals surface area contributed by atoms with E-state index in [-0.39, 0.29) is 0 Å². The summed E-state index contributed by atoms with van der Waals surface area (Å²) < 4.78 is 4.68. The van der Waals surface area contributed by atoms with E-state index in [1.54, 1.807) is 0 Å². The summed E-state index contributed by atoms with van der Waals surface area (Å²) in [5.74, 6) is 1.79. The third kappa shape index (κ3) is 5.98. The Balaban J connectivity index is 1.14. The van der Waals surface area contributed by atoms with Crippen LogP contribution in [0, 0.1) is 0 Å². The van der Waals surface area contributed by atoms with E-state index < -0.39 is 0 Å². The van der Waals surface area contributed by atoms with Crippen LogP contribution in [0.25, 0.3) is 111 Å². The molecule has 5 heteroatoms. The molecular weight excluding hydrogens is 755 g/mol. The van der Waals surface area contributed by atoms with Gasteiger partial charge in [-0.1, -0.05) is 188 Å². The van der Waals surface area contributed by atoms with Gasteiger partial charge in [0.25, 0.3) is 0 Å². The fraction of sp³-hybridized carbons (Fsp3) is 0. The Hall–Kier alpha value is -8.41. The van der Waals surface area contributed by atoms with Crippen molar-refractivity contribution in [3.05, 3.63) is 224 Å². The predicted molar refractivity (Wildman–Crippen MR) is 256 cm³/mol. The second-order valence-corrected chi connectivity index (χ2v) is 15.7. The van der Waals surface area contributed by atoms with Crippen LogP contribution < -0.4 is 0 Å². The first-order chi connectivity index (χ1) is 30.7. The molecule has 290 valence electrons. The van der Waals surface area contributed by atoms with Gasteiger partial charge in [-0.25, -0.2) is 4.98 Å². The molecule has 62 heavy (non-hydrogen) atoms. The first kappa shape index (κ1) is 35.5. The smallest absolute Gasteiger partial charge is 0.238 e. The lowest BCUT2D eigenvalue weighted by Gasteiger charge is -2.16. The molecule has 12 aromatic rings. The van der Waals surface area contributed by atoms with Crippen molar-refractivity contribution in [2.75, 3.05) is 0 Å². The highest BCUT2D eigenvalue weighted by Crippen LogP contribution is 2.42. The zero-order valence-corrected chi connectivity index (χ0v) is 33.6. The van der Waals surface area contributed by atoms with Crippen molar-refractivity contribution in [2.45, 2.75) is 0 Å². The number of para-hydroxylation sites is 2. The van der Waals surface area contributed by atoms with Gasteiger partial charge < -0.3 is 4.57 Å². The van der Waals surface area contributed by atoms with E-state index >= 15 is 0 Å². The average Bonchev–Trinajstić information content (AvgIpc) is 3.86. The van der Waals surface area contributed by atoms with Crippen molar-refractivity contribution in [3.8, 4) is 67.8 Å². The minimum absolute atomic E-state index is 0.565. The zero-order chi connectivity index (χ0) is 41.0. The van der Waals surface area contributed by atoms with Crippen LogP contribution in [0.4, 0.5) is 0 Å². The molecule has 3 aromatic heterocycles. The molecule has 0 bridgehead atoms. The van der Waals surface area contributed by atoms with Gasteiger partial charge in [-0.15, -0.1) is 0 Å². The molecule has 0 aliphatic rings. The SMILES string of the molecule is c1ccc(-c2cccc(-c3nc(-c4ccccc4)nc(-n4c5ccccc5c5cc6c(cc54)c4ccccc4n6-c4cc(-c5ccccc5)ccc4-c4ccccc4)n3)c2)cc1. The molecule has 0 aliphatic carbocycles. The van der Waals surface area contributed by atoms with Gasteiger partial charge in [0.1, 0.15) is 0 Å². The molecule has 5 nitrogen and oxygen atoms in total. The minimum Gasteiger partial charge on any atom is -0.309 e. The van der Waals surface area contributed by atoms with Crippen LogP contribution in [0.15, 0.2) is 224 Å². The molecule has 0 N–H and O–H groups in total. The van der Waals surface area contributed by atoms with E-state index in [1.807, 2.05) is 24.3 Å². The van der Waals surface area contributed by atoms with E-state index in [0.717, 1.165) is 77.3 Å². The number of nitrogens with zero attached hydrogens (tertiary/aromatic N) is 5. The highest BCUT2D eigenvalue weighted by molar-refractivity contribution is 6.19. The van der Waals surface area contributed by atoms with Crippen molar-refractivity contribution in [1.29, 1.82) is 0 Å². The third-order valence-corrected chi connectivity index (χ3v) is 12.0. The monoisotopic (exact) mass is 791 g/mol. The maximum absolute atomic E-state index is 5.32. The number of aromatic nitrogens is 5. The highest BCUT2D eigenvalue weighted by Gasteiger charge is 2.22. The molecule has 0 saturated heterocycles. The Labute approximate surface area is 358 Å². The molecule has 9 aromatic carbocycles. The zero-order valence-electron chi connectivity index (χ0n) is 33.6. The summed E-state index contributed by atoms with van der Waals surface area (Å²) in [7, 11) is 0. The highest BCUT2D eigenvalue weighted by atomic mass is 15.2. The van der Waals surface area contributed by atoms with Crippen LogP contribution in [-0.2, 0) is 0 Å². The molecule has 0 fully saturated rings. The van der Waals surface area contributed by atoms with Crippen LogP contribution in [0.1, 0.15) is 0 Å². The maximum atomic E-state index is 5.32. The summed E-state index contributed by atoms with van der Waals surface area (Å²) in [4.78, 5) is 15.7. The summed E-state index contributed by atoms with van der Waals surface area (Å²) in [6.07, 6.45) is 0. The first-order valence-corrected chi connectivity index (χ1v) is 20.9. The average molecular weight is 792 g/mol. The van der Waals surface area contributed by atoms with E-state index in [1.165, 1.54) is 16.5 Å². The Morgan fingerprint density at radius 3 is 1.32 bits per heavy atom. The van der Waals surface area contributed by atoms with Gasteiger partial charge >= 0.3 is 0 Å². The molecular formula is C57H37N5. The normalized spacial score (nSPS) is 11.5. The van der Waals surface area contributed by atoms with E-state index in [0.29, 0.717) is 17.6 Å². The number of fused-ring (bicyclic) bond motifs is 6. The topological polar surface area (TPSA) is 48.5 Å². The Morgan fingerprint density at radius 2 is 0.710 bits per heavy atom. The summed E-state index contributed by atoms with van der Waals surface area (Å²) in [6, 6.07) is 79.4. The van der Waals surface area contributed by atoms with Crippen LogP contribution in [0.2, 0.25) is 0 Å². The summed E-state index contributed by atoms with van der Waals surface area (Å²) in [5.41, 5.74) is 14.2. The van der Waals surface area contributed by atoms with Crippen LogP contribution in [0.5, 0.6) is 0 Å². The maximum Gasteiger partial charge on any atom is 0.238 e. The summed E-state index contributed by atoms with van der Waals surface area (Å²) in [6.45, 7) is 0. The predicted octanol–water partition coefficient (Wildman–Crippen LogP) is 14.4. The molecule has 0 unspecified atom stereocenters. The number of hydrogen-bond acceptors (Lipinski definition) is 3. The molecule has 0 spiro atoms. The lowest BCUT2D eigenvalue weighted by molar-refractivity contribution is 0.954. The lowest BCUT2D eigenvalue weighted by atomic mass is 9.98. The minimum atomic E-state index is 0.565. The Morgan fingerprint density at radius 1 is 0.258 bits per heavy atom. The molecule has 0 saturated carbocycles. The van der Waals surface area contributed by atoms with Crippen LogP contribution in [0.3, 0.4) is 0 Å². The molecule has 0 amide bonds. The third-order valence-electron chi connectivity index (χ3n) is 12.0. The first-order valence-electron chi connectivity index (χ1n) is 20.9. The van der Waals surface area contributed by atoms with E-state index in [2.05, 4.69) is 209 Å². The molecule has 12 rings (SSSR count). The van der Waals surface area contributed by atoms with Crippen molar-refractivity contribution in [1.82, 2.24) is 24.1 Å².